The highest BCUT2D eigenvalue weighted by atomic mass is 35.5. The predicted octanol–water partition coefficient (Wildman–Crippen LogP) is 5.84. The fraction of sp³-hybridized carbons (Fsp3) is 0.349. The van der Waals surface area contributed by atoms with E-state index < -0.39 is 0 Å². The number of nitrogens with one attached hydrogen (secondary N) is 2. The zero-order valence-corrected chi connectivity index (χ0v) is 36.6. The molecule has 2 aromatic heterocycles. The van der Waals surface area contributed by atoms with E-state index >= 15 is 0 Å². The number of pyridine rings is 2. The fourth-order valence-electron chi connectivity index (χ4n) is 5.61. The molecule has 324 valence electrons. The Labute approximate surface area is 365 Å². The number of oxime groups is 2. The van der Waals surface area contributed by atoms with E-state index in [4.69, 9.17) is 47.4 Å². The molecule has 3 N–H and O–H groups in total. The highest BCUT2D eigenvalue weighted by Crippen LogP contribution is 2.26. The van der Waals surface area contributed by atoms with Gasteiger partial charge < -0.3 is 39.6 Å². The summed E-state index contributed by atoms with van der Waals surface area (Å²) in [5.41, 5.74) is 5.20. The molecule has 61 heavy (non-hydrogen) atoms. The van der Waals surface area contributed by atoms with Crippen molar-refractivity contribution in [3.8, 4) is 5.88 Å². The van der Waals surface area contributed by atoms with Crippen molar-refractivity contribution >= 4 is 58.2 Å². The minimum atomic E-state index is -0.368. The molecule has 0 spiro atoms. The molecule has 6 rings (SSSR count). The molecule has 2 amide bonds. The number of aromatic nitrogens is 2. The van der Waals surface area contributed by atoms with Gasteiger partial charge in [0.25, 0.3) is 11.8 Å². The quantitative estimate of drug-likeness (QED) is 0.102. The number of aliphatic imine (C=N–C) groups is 2. The van der Waals surface area contributed by atoms with Gasteiger partial charge >= 0.3 is 0 Å². The molecule has 0 saturated heterocycles. The van der Waals surface area contributed by atoms with E-state index in [0.29, 0.717) is 50.6 Å². The lowest BCUT2D eigenvalue weighted by Crippen LogP contribution is -2.29. The average Bonchev–Trinajstić information content (AvgIpc) is 3.99. The van der Waals surface area contributed by atoms with Crippen LogP contribution in [0.15, 0.2) is 93.4 Å². The van der Waals surface area contributed by atoms with Crippen LogP contribution in [0.25, 0.3) is 0 Å². The number of aliphatic hydroxyl groups is 1. The first-order chi connectivity index (χ1) is 29.5. The summed E-state index contributed by atoms with van der Waals surface area (Å²) in [5.74, 6) is 0.747. The number of nitrogens with zero attached hydrogens (tertiary/aromatic N) is 6. The Morgan fingerprint density at radius 3 is 1.69 bits per heavy atom. The molecule has 4 aromatic rings. The molecule has 2 aliphatic heterocycles. The number of hydrogen-bond acceptors (Lipinski definition) is 14. The van der Waals surface area contributed by atoms with E-state index in [2.05, 4.69) is 59.6 Å². The van der Waals surface area contributed by atoms with Gasteiger partial charge in [-0.05, 0) is 43.0 Å². The molecule has 0 aliphatic carbocycles. The van der Waals surface area contributed by atoms with Crippen LogP contribution < -0.4 is 15.4 Å². The maximum atomic E-state index is 12.2. The van der Waals surface area contributed by atoms with Gasteiger partial charge in [0.05, 0.1) is 41.5 Å². The topological polar surface area (TPSA) is 200 Å². The van der Waals surface area contributed by atoms with Gasteiger partial charge in [-0.15, -0.1) is 0 Å². The Morgan fingerprint density at radius 2 is 1.25 bits per heavy atom. The van der Waals surface area contributed by atoms with Crippen LogP contribution in [0.1, 0.15) is 65.8 Å². The van der Waals surface area contributed by atoms with Crippen LogP contribution in [0.3, 0.4) is 0 Å². The minimum Gasteiger partial charge on any atom is -0.472 e. The van der Waals surface area contributed by atoms with Crippen LogP contribution in [0, 0.1) is 6.92 Å². The van der Waals surface area contributed by atoms with Gasteiger partial charge in [0.1, 0.15) is 38.1 Å². The van der Waals surface area contributed by atoms with Crippen LogP contribution in [0.2, 0.25) is 10.0 Å². The second kappa shape index (κ2) is 24.2. The molecule has 0 saturated carbocycles. The molecular weight excluding hydrogens is 827 g/mol. The first-order valence-corrected chi connectivity index (χ1v) is 20.0. The number of halogens is 2. The summed E-state index contributed by atoms with van der Waals surface area (Å²) in [7, 11) is 5.78. The zero-order valence-electron chi connectivity index (χ0n) is 35.1. The largest absolute Gasteiger partial charge is 0.472 e. The predicted molar refractivity (Wildman–Crippen MR) is 235 cm³/mol. The minimum absolute atomic E-state index is 0.0921. The smallest absolute Gasteiger partial charge is 0.273 e. The molecule has 0 fully saturated rings. The van der Waals surface area contributed by atoms with Crippen molar-refractivity contribution in [3.63, 3.8) is 0 Å². The highest BCUT2D eigenvalue weighted by molar-refractivity contribution is 6.46. The van der Waals surface area contributed by atoms with E-state index in [0.717, 1.165) is 36.2 Å². The molecule has 4 heterocycles. The summed E-state index contributed by atoms with van der Waals surface area (Å²) < 4.78 is 17.2. The SMILES string of the molecule is CCC1CN=C(c2cnc(C)c(Cl)c2)O1.CCC1CN=C(c2cnc(OCc3ccccc3/C(=N\OC)C(=O)NC)c(Cl)c2)O1.CNC(=O)/C(=N/OC)c1ccccc1CO. The number of benzene rings is 2. The lowest BCUT2D eigenvalue weighted by molar-refractivity contribution is -0.115. The Hall–Kier alpha value is -6.10. The summed E-state index contributed by atoms with van der Waals surface area (Å²) in [6, 6.07) is 17.8. The van der Waals surface area contributed by atoms with Crippen LogP contribution in [-0.2, 0) is 42.0 Å². The van der Waals surface area contributed by atoms with Crippen LogP contribution in [0.4, 0.5) is 0 Å². The van der Waals surface area contributed by atoms with Gasteiger partial charge in [0.2, 0.25) is 17.7 Å². The molecule has 2 aromatic carbocycles. The fourth-order valence-corrected chi connectivity index (χ4v) is 5.99. The van der Waals surface area contributed by atoms with Crippen molar-refractivity contribution < 1.29 is 38.6 Å². The van der Waals surface area contributed by atoms with Crippen molar-refractivity contribution in [1.82, 2.24) is 20.6 Å². The Kier molecular flexibility index (Phi) is 18.9. The third-order valence-corrected chi connectivity index (χ3v) is 9.65. The third-order valence-electron chi connectivity index (χ3n) is 9.00. The van der Waals surface area contributed by atoms with E-state index in [1.807, 2.05) is 25.1 Å². The molecule has 2 unspecified atom stereocenters. The van der Waals surface area contributed by atoms with E-state index in [9.17, 15) is 9.59 Å². The molecule has 0 radical (unpaired) electrons. The number of aliphatic hydroxyl groups excluding tert-OH is 1. The maximum Gasteiger partial charge on any atom is 0.273 e. The summed E-state index contributed by atoms with van der Waals surface area (Å²) >= 11 is 12.4. The molecule has 2 aliphatic rings. The summed E-state index contributed by atoms with van der Waals surface area (Å²) in [4.78, 5) is 50.4. The molecule has 18 heteroatoms. The van der Waals surface area contributed by atoms with Gasteiger partial charge in [-0.25, -0.2) is 15.0 Å². The lowest BCUT2D eigenvalue weighted by Gasteiger charge is -2.13. The van der Waals surface area contributed by atoms with Crippen LogP contribution in [0.5, 0.6) is 5.88 Å². The number of ether oxygens (including phenoxy) is 3. The number of likely N-dealkylation sites (N-methyl/N-ethyl adjacent to an activating group) is 2. The Morgan fingerprint density at radius 1 is 0.770 bits per heavy atom. The number of rotatable bonds is 14. The van der Waals surface area contributed by atoms with Gasteiger partial charge in [-0.2, -0.15) is 0 Å². The summed E-state index contributed by atoms with van der Waals surface area (Å²) in [6.07, 6.45) is 5.53. The lowest BCUT2D eigenvalue weighted by atomic mass is 10.0. The molecule has 16 nitrogen and oxygen atoms in total. The van der Waals surface area contributed by atoms with Gasteiger partial charge in [0.15, 0.2) is 11.4 Å². The number of amides is 2. The normalized spacial score (nSPS) is 15.6. The first kappa shape index (κ1) is 47.6. The molecule has 0 bridgehead atoms. The second-order valence-electron chi connectivity index (χ2n) is 13.1. The standard InChI is InChI=1S/C21H23ClN4O4.C11H13ClN2O.C11H14N2O3/c1-4-15-11-25-20(30-15)14-9-17(22)21(24-10-14)29-12-13-7-5-6-8-16(13)18(26-28-3)19(27)23-2;1-3-9-6-14-11(15-9)8-4-10(12)7(2)13-5-8;1-12-11(15)10(13-16-2)9-6-4-3-5-8(9)7-14/h5-10,15H,4,11-12H2,1-3H3,(H,23,27);4-5,9H,3,6H2,1-2H3;3-6,14H,7H2,1-2H3,(H,12,15)/b26-18+;;13-10+. The molecular formula is C43H50Cl2N8O8. The van der Waals surface area contributed by atoms with Crippen molar-refractivity contribution in [2.75, 3.05) is 41.4 Å². The summed E-state index contributed by atoms with van der Waals surface area (Å²) in [6.45, 7) is 7.36. The van der Waals surface area contributed by atoms with Gasteiger partial charge in [0, 0.05) is 37.6 Å². The highest BCUT2D eigenvalue weighted by Gasteiger charge is 2.23. The Bertz CT molecular complexity index is 2250. The monoisotopic (exact) mass is 876 g/mol. The van der Waals surface area contributed by atoms with E-state index in [-0.39, 0.29) is 54.5 Å². The van der Waals surface area contributed by atoms with Crippen LogP contribution in [-0.4, -0.2) is 104 Å². The number of hydrogen-bond donors (Lipinski definition) is 3. The van der Waals surface area contributed by atoms with Crippen molar-refractivity contribution in [2.24, 2.45) is 20.3 Å². The van der Waals surface area contributed by atoms with Crippen LogP contribution >= 0.6 is 23.2 Å². The first-order valence-electron chi connectivity index (χ1n) is 19.3. The number of aryl methyl sites for hydroxylation is 1. The van der Waals surface area contributed by atoms with Crippen molar-refractivity contribution in [1.29, 1.82) is 0 Å². The maximum absolute atomic E-state index is 12.2. The number of carbonyl (C=O) groups is 2. The number of carbonyl (C=O) groups excluding carboxylic acids is 2. The molecule has 2 atom stereocenters. The second-order valence-corrected chi connectivity index (χ2v) is 13.9. The van der Waals surface area contributed by atoms with Gasteiger partial charge in [-0.3, -0.25) is 14.6 Å². The van der Waals surface area contributed by atoms with E-state index in [1.54, 1.807) is 54.9 Å². The van der Waals surface area contributed by atoms with E-state index in [1.165, 1.54) is 28.3 Å². The zero-order chi connectivity index (χ0) is 44.3. The van der Waals surface area contributed by atoms with Crippen molar-refractivity contribution in [3.05, 3.63) is 122 Å². The van der Waals surface area contributed by atoms with Gasteiger partial charge in [-0.1, -0.05) is 95.9 Å². The van der Waals surface area contributed by atoms with Crippen molar-refractivity contribution in [2.45, 2.75) is 59.0 Å². The summed E-state index contributed by atoms with van der Waals surface area (Å²) in [5, 5.41) is 22.7. The average molecular weight is 878 g/mol. The third kappa shape index (κ3) is 13.2. The Balaban J connectivity index is 0.000000222.